The van der Waals surface area contributed by atoms with Gasteiger partial charge in [-0.2, -0.15) is 4.98 Å². The number of anilines is 3. The molecule has 30 heavy (non-hydrogen) atoms. The Hall–Kier alpha value is -3.99. The third-order valence-electron chi connectivity index (χ3n) is 4.65. The summed E-state index contributed by atoms with van der Waals surface area (Å²) in [5.74, 6) is 1.26. The van der Waals surface area contributed by atoms with Crippen LogP contribution in [0.25, 0.3) is 11.3 Å². The van der Waals surface area contributed by atoms with Crippen LogP contribution in [0.4, 0.5) is 17.5 Å². The molecule has 0 fully saturated rings. The Labute approximate surface area is 175 Å². The molecule has 0 radical (unpaired) electrons. The lowest BCUT2D eigenvalue weighted by molar-refractivity contribution is 0.101. The summed E-state index contributed by atoms with van der Waals surface area (Å²) < 4.78 is 0. The summed E-state index contributed by atoms with van der Waals surface area (Å²) in [6.45, 7) is 2.19. The summed E-state index contributed by atoms with van der Waals surface area (Å²) in [4.78, 5) is 20.8. The molecule has 4 rings (SSSR count). The van der Waals surface area contributed by atoms with Crippen LogP contribution in [0.1, 0.15) is 22.8 Å². The molecule has 0 aliphatic heterocycles. The molecule has 0 unspecified atom stereocenters. The van der Waals surface area contributed by atoms with Gasteiger partial charge in [0.15, 0.2) is 5.78 Å². The molecule has 0 bridgehead atoms. The summed E-state index contributed by atoms with van der Waals surface area (Å²) in [5, 5.41) is 6.63. The SMILES string of the molecule is CC(=O)c1ccc(Nc2cc(-c3ccccc3)nc(NCc3ccccc3)n2)cc1. The maximum Gasteiger partial charge on any atom is 0.225 e. The summed E-state index contributed by atoms with van der Waals surface area (Å²) in [6, 6.07) is 29.4. The molecule has 0 amide bonds. The minimum absolute atomic E-state index is 0.0438. The average Bonchev–Trinajstić information content (AvgIpc) is 2.79. The van der Waals surface area contributed by atoms with Gasteiger partial charge in [0.05, 0.1) is 5.69 Å². The van der Waals surface area contributed by atoms with Crippen molar-refractivity contribution in [1.29, 1.82) is 0 Å². The number of ketones is 1. The van der Waals surface area contributed by atoms with E-state index in [9.17, 15) is 4.79 Å². The first kappa shape index (κ1) is 19.3. The van der Waals surface area contributed by atoms with E-state index in [0.29, 0.717) is 23.9 Å². The van der Waals surface area contributed by atoms with Crippen molar-refractivity contribution >= 4 is 23.2 Å². The highest BCUT2D eigenvalue weighted by Gasteiger charge is 2.08. The second-order valence-corrected chi connectivity index (χ2v) is 6.93. The lowest BCUT2D eigenvalue weighted by Crippen LogP contribution is -2.06. The van der Waals surface area contributed by atoms with E-state index >= 15 is 0 Å². The molecule has 0 atom stereocenters. The fraction of sp³-hybridized carbons (Fsp3) is 0.0800. The molecule has 1 heterocycles. The number of hydrogen-bond acceptors (Lipinski definition) is 5. The molecule has 1 aromatic heterocycles. The van der Waals surface area contributed by atoms with Crippen LogP contribution in [0.2, 0.25) is 0 Å². The average molecular weight is 394 g/mol. The molecule has 0 aliphatic rings. The summed E-state index contributed by atoms with van der Waals surface area (Å²) >= 11 is 0. The third kappa shape index (κ3) is 4.89. The highest BCUT2D eigenvalue weighted by Crippen LogP contribution is 2.24. The van der Waals surface area contributed by atoms with Crippen LogP contribution in [0, 0.1) is 0 Å². The highest BCUT2D eigenvalue weighted by molar-refractivity contribution is 5.94. The Morgan fingerprint density at radius 1 is 0.833 bits per heavy atom. The minimum Gasteiger partial charge on any atom is -0.350 e. The number of carbonyl (C=O) groups excluding carboxylic acids is 1. The van der Waals surface area contributed by atoms with E-state index < -0.39 is 0 Å². The van der Waals surface area contributed by atoms with Crippen molar-refractivity contribution in [2.24, 2.45) is 0 Å². The zero-order chi connectivity index (χ0) is 20.8. The van der Waals surface area contributed by atoms with Gasteiger partial charge in [-0.05, 0) is 36.8 Å². The molecular formula is C25H22N4O. The molecule has 0 spiro atoms. The molecule has 148 valence electrons. The largest absolute Gasteiger partial charge is 0.350 e. The van der Waals surface area contributed by atoms with E-state index in [1.165, 1.54) is 0 Å². The van der Waals surface area contributed by atoms with E-state index in [4.69, 9.17) is 4.98 Å². The molecule has 0 aliphatic carbocycles. The van der Waals surface area contributed by atoms with Crippen LogP contribution >= 0.6 is 0 Å². The lowest BCUT2D eigenvalue weighted by Gasteiger charge is -2.12. The maximum absolute atomic E-state index is 11.5. The normalized spacial score (nSPS) is 10.4. The standard InChI is InChI=1S/C25H22N4O/c1-18(30)20-12-14-22(15-13-20)27-24-16-23(21-10-6-3-7-11-21)28-25(29-24)26-17-19-8-4-2-5-9-19/h2-16H,17H2,1H3,(H2,26,27,28,29). The third-order valence-corrected chi connectivity index (χ3v) is 4.65. The van der Waals surface area contributed by atoms with Gasteiger partial charge in [0.1, 0.15) is 5.82 Å². The van der Waals surface area contributed by atoms with E-state index in [0.717, 1.165) is 22.5 Å². The molecule has 5 nitrogen and oxygen atoms in total. The molecule has 0 saturated carbocycles. The predicted octanol–water partition coefficient (Wildman–Crippen LogP) is 5.70. The van der Waals surface area contributed by atoms with Crippen molar-refractivity contribution in [3.05, 3.63) is 102 Å². The first-order valence-electron chi connectivity index (χ1n) is 9.78. The zero-order valence-corrected chi connectivity index (χ0v) is 16.7. The van der Waals surface area contributed by atoms with Crippen LogP contribution in [0.15, 0.2) is 91.0 Å². The van der Waals surface area contributed by atoms with Crippen LogP contribution in [0.5, 0.6) is 0 Å². The van der Waals surface area contributed by atoms with Crippen molar-refractivity contribution in [3.8, 4) is 11.3 Å². The first-order chi connectivity index (χ1) is 14.7. The van der Waals surface area contributed by atoms with Gasteiger partial charge in [0.25, 0.3) is 0 Å². The van der Waals surface area contributed by atoms with E-state index in [1.54, 1.807) is 19.1 Å². The number of nitrogens with zero attached hydrogens (tertiary/aromatic N) is 2. The topological polar surface area (TPSA) is 66.9 Å². The number of Topliss-reactive ketones (excluding diaryl/α,β-unsaturated/α-hetero) is 1. The molecule has 2 N–H and O–H groups in total. The molecule has 3 aromatic carbocycles. The van der Waals surface area contributed by atoms with Gasteiger partial charge in [-0.25, -0.2) is 4.98 Å². The molecule has 4 aromatic rings. The second-order valence-electron chi connectivity index (χ2n) is 6.93. The fourth-order valence-electron chi connectivity index (χ4n) is 3.06. The van der Waals surface area contributed by atoms with Gasteiger partial charge in [-0.3, -0.25) is 4.79 Å². The molecule has 0 saturated heterocycles. The summed E-state index contributed by atoms with van der Waals surface area (Å²) in [7, 11) is 0. The highest BCUT2D eigenvalue weighted by atomic mass is 16.1. The van der Waals surface area contributed by atoms with Crippen LogP contribution in [-0.2, 0) is 6.54 Å². The van der Waals surface area contributed by atoms with Gasteiger partial charge in [0.2, 0.25) is 5.95 Å². The number of hydrogen-bond donors (Lipinski definition) is 2. The fourth-order valence-corrected chi connectivity index (χ4v) is 3.06. The van der Waals surface area contributed by atoms with Gasteiger partial charge in [0, 0.05) is 29.4 Å². The predicted molar refractivity (Wildman–Crippen MR) is 121 cm³/mol. The quantitative estimate of drug-likeness (QED) is 0.394. The van der Waals surface area contributed by atoms with Gasteiger partial charge in [-0.15, -0.1) is 0 Å². The molecular weight excluding hydrogens is 372 g/mol. The van der Waals surface area contributed by atoms with Crippen molar-refractivity contribution in [1.82, 2.24) is 9.97 Å². The Morgan fingerprint density at radius 3 is 2.17 bits per heavy atom. The number of rotatable bonds is 7. The van der Waals surface area contributed by atoms with Crippen molar-refractivity contribution < 1.29 is 4.79 Å². The molecule has 5 heteroatoms. The van der Waals surface area contributed by atoms with Gasteiger partial charge >= 0.3 is 0 Å². The van der Waals surface area contributed by atoms with Crippen LogP contribution in [0.3, 0.4) is 0 Å². The maximum atomic E-state index is 11.5. The van der Waals surface area contributed by atoms with Crippen molar-refractivity contribution in [2.75, 3.05) is 10.6 Å². The van der Waals surface area contributed by atoms with Crippen molar-refractivity contribution in [2.45, 2.75) is 13.5 Å². The zero-order valence-electron chi connectivity index (χ0n) is 16.7. The van der Waals surface area contributed by atoms with Gasteiger partial charge < -0.3 is 10.6 Å². The Bertz CT molecular complexity index is 1130. The number of carbonyl (C=O) groups is 1. The first-order valence-corrected chi connectivity index (χ1v) is 9.78. The minimum atomic E-state index is 0.0438. The number of benzene rings is 3. The van der Waals surface area contributed by atoms with Gasteiger partial charge in [-0.1, -0.05) is 60.7 Å². The smallest absolute Gasteiger partial charge is 0.225 e. The van der Waals surface area contributed by atoms with Crippen LogP contribution < -0.4 is 10.6 Å². The van der Waals surface area contributed by atoms with Crippen LogP contribution in [-0.4, -0.2) is 15.8 Å². The number of nitrogens with one attached hydrogen (secondary N) is 2. The Balaban J connectivity index is 1.62. The van der Waals surface area contributed by atoms with E-state index in [2.05, 4.69) is 27.8 Å². The van der Waals surface area contributed by atoms with Crippen molar-refractivity contribution in [3.63, 3.8) is 0 Å². The lowest BCUT2D eigenvalue weighted by atomic mass is 10.1. The Morgan fingerprint density at radius 2 is 1.50 bits per heavy atom. The second kappa shape index (κ2) is 9.01. The summed E-state index contributed by atoms with van der Waals surface area (Å²) in [5.41, 5.74) is 4.52. The Kier molecular flexibility index (Phi) is 5.80. The monoisotopic (exact) mass is 394 g/mol. The summed E-state index contributed by atoms with van der Waals surface area (Å²) in [6.07, 6.45) is 0. The van der Waals surface area contributed by atoms with E-state index in [-0.39, 0.29) is 5.78 Å². The number of aromatic nitrogens is 2. The van der Waals surface area contributed by atoms with E-state index in [1.807, 2.05) is 66.7 Å².